The molecule has 3 N–H and O–H groups in total. The van der Waals surface area contributed by atoms with Crippen molar-refractivity contribution in [3.8, 4) is 0 Å². The normalized spacial score (nSPS) is 18.4. The van der Waals surface area contributed by atoms with Gasteiger partial charge in [-0.2, -0.15) is 0 Å². The van der Waals surface area contributed by atoms with Gasteiger partial charge in [0.15, 0.2) is 6.10 Å². The Balaban J connectivity index is 2.27. The minimum Gasteiger partial charge on any atom is -0.479 e. The molecule has 0 aromatic rings. The Bertz CT molecular complexity index is 314. The number of piperidine rings is 1. The maximum absolute atomic E-state index is 11.8. The zero-order valence-electron chi connectivity index (χ0n) is 11.5. The Morgan fingerprint density at radius 3 is 2.42 bits per heavy atom. The molecular formula is C12H23N3O4. The third-order valence-electron chi connectivity index (χ3n) is 3.26. The number of nitrogens with zero attached hydrogens (tertiary/aromatic N) is 2. The largest absolute Gasteiger partial charge is 0.479 e. The fraction of sp³-hybridized carbons (Fsp3) is 0.833. The standard InChI is InChI=1S/C12H23N3O4/c1-14(2)8-9-3-5-15(6-4-9)12(19)13-7-10(16)11(17)18/h9-10,16H,3-8H2,1-2H3,(H,13,19)(H,17,18)/t10-/m0/s1. The Morgan fingerprint density at radius 1 is 1.37 bits per heavy atom. The van der Waals surface area contributed by atoms with Gasteiger partial charge >= 0.3 is 12.0 Å². The number of hydrogen-bond donors (Lipinski definition) is 3. The van der Waals surface area contributed by atoms with Crippen LogP contribution in [0.2, 0.25) is 0 Å². The van der Waals surface area contributed by atoms with Crippen molar-refractivity contribution in [2.24, 2.45) is 5.92 Å². The first-order valence-corrected chi connectivity index (χ1v) is 6.48. The van der Waals surface area contributed by atoms with E-state index in [9.17, 15) is 9.59 Å². The Labute approximate surface area is 113 Å². The smallest absolute Gasteiger partial charge is 0.334 e. The number of carboxylic acids is 1. The average molecular weight is 273 g/mol. The maximum atomic E-state index is 11.8. The predicted octanol–water partition coefficient (Wildman–Crippen LogP) is -0.585. The number of carbonyl (C=O) groups is 2. The van der Waals surface area contributed by atoms with E-state index < -0.39 is 12.1 Å². The van der Waals surface area contributed by atoms with E-state index in [1.807, 2.05) is 14.1 Å². The van der Waals surface area contributed by atoms with Gasteiger partial charge in [0.2, 0.25) is 0 Å². The number of nitrogens with one attached hydrogen (secondary N) is 1. The summed E-state index contributed by atoms with van der Waals surface area (Å²) in [5.74, 6) is -0.728. The summed E-state index contributed by atoms with van der Waals surface area (Å²) in [6.45, 7) is 2.11. The highest BCUT2D eigenvalue weighted by Gasteiger charge is 2.24. The lowest BCUT2D eigenvalue weighted by atomic mass is 9.97. The highest BCUT2D eigenvalue weighted by molar-refractivity contribution is 5.76. The van der Waals surface area contributed by atoms with Crippen LogP contribution in [0.3, 0.4) is 0 Å². The topological polar surface area (TPSA) is 93.1 Å². The average Bonchev–Trinajstić information content (AvgIpc) is 2.35. The molecule has 2 amide bonds. The van der Waals surface area contributed by atoms with Crippen LogP contribution in [0.4, 0.5) is 4.79 Å². The van der Waals surface area contributed by atoms with Gasteiger partial charge in [-0.05, 0) is 32.9 Å². The van der Waals surface area contributed by atoms with Crippen LogP contribution in [-0.4, -0.2) is 78.4 Å². The summed E-state index contributed by atoms with van der Waals surface area (Å²) in [4.78, 5) is 26.0. The van der Waals surface area contributed by atoms with Crippen molar-refractivity contribution in [2.45, 2.75) is 18.9 Å². The van der Waals surface area contributed by atoms with E-state index >= 15 is 0 Å². The third kappa shape index (κ3) is 5.44. The van der Waals surface area contributed by atoms with Gasteiger partial charge in [0.1, 0.15) is 0 Å². The van der Waals surface area contributed by atoms with Crippen LogP contribution in [-0.2, 0) is 4.79 Å². The van der Waals surface area contributed by atoms with Crippen LogP contribution in [0.15, 0.2) is 0 Å². The molecule has 0 unspecified atom stereocenters. The van der Waals surface area contributed by atoms with E-state index in [-0.39, 0.29) is 12.6 Å². The molecule has 110 valence electrons. The zero-order chi connectivity index (χ0) is 14.4. The molecule has 1 aliphatic heterocycles. The van der Waals surface area contributed by atoms with Crippen LogP contribution in [0.1, 0.15) is 12.8 Å². The molecule has 7 nitrogen and oxygen atoms in total. The number of aliphatic hydroxyl groups excluding tert-OH is 1. The summed E-state index contributed by atoms with van der Waals surface area (Å²) in [6.07, 6.45) is 0.357. The Morgan fingerprint density at radius 2 is 1.95 bits per heavy atom. The molecule has 0 bridgehead atoms. The second-order valence-corrected chi connectivity index (χ2v) is 5.23. The molecule has 0 spiro atoms. The number of aliphatic hydroxyl groups is 1. The lowest BCUT2D eigenvalue weighted by Gasteiger charge is -2.33. The Hall–Kier alpha value is -1.34. The van der Waals surface area contributed by atoms with Crippen molar-refractivity contribution < 1.29 is 19.8 Å². The fourth-order valence-corrected chi connectivity index (χ4v) is 2.22. The zero-order valence-corrected chi connectivity index (χ0v) is 11.5. The van der Waals surface area contributed by atoms with Gasteiger partial charge in [-0.15, -0.1) is 0 Å². The van der Waals surface area contributed by atoms with Crippen LogP contribution in [0.25, 0.3) is 0 Å². The molecule has 1 atom stereocenters. The van der Waals surface area contributed by atoms with Gasteiger partial charge in [-0.1, -0.05) is 0 Å². The number of amides is 2. The van der Waals surface area contributed by atoms with Crippen molar-refractivity contribution in [3.63, 3.8) is 0 Å². The molecule has 0 aromatic heterocycles. The number of rotatable bonds is 5. The molecule has 0 radical (unpaired) electrons. The summed E-state index contributed by atoms with van der Waals surface area (Å²) in [7, 11) is 4.07. The lowest BCUT2D eigenvalue weighted by Crippen LogP contribution is -2.48. The van der Waals surface area contributed by atoms with E-state index in [2.05, 4.69) is 10.2 Å². The van der Waals surface area contributed by atoms with Gasteiger partial charge in [0, 0.05) is 19.6 Å². The van der Waals surface area contributed by atoms with Crippen molar-refractivity contribution in [3.05, 3.63) is 0 Å². The molecule has 7 heteroatoms. The minimum absolute atomic E-state index is 0.258. The summed E-state index contributed by atoms with van der Waals surface area (Å²) < 4.78 is 0. The van der Waals surface area contributed by atoms with Crippen molar-refractivity contribution in [1.82, 2.24) is 15.1 Å². The van der Waals surface area contributed by atoms with E-state index in [0.717, 1.165) is 19.4 Å². The first-order chi connectivity index (χ1) is 8.90. The highest BCUT2D eigenvalue weighted by Crippen LogP contribution is 2.17. The van der Waals surface area contributed by atoms with Crippen LogP contribution < -0.4 is 5.32 Å². The molecule has 19 heavy (non-hydrogen) atoms. The molecule has 1 rings (SSSR count). The van der Waals surface area contributed by atoms with Gasteiger partial charge < -0.3 is 25.3 Å². The minimum atomic E-state index is -1.55. The number of carboxylic acid groups (broad SMARTS) is 1. The molecule has 0 aliphatic carbocycles. The summed E-state index contributed by atoms with van der Waals surface area (Å²) >= 11 is 0. The predicted molar refractivity (Wildman–Crippen MR) is 69.9 cm³/mol. The second-order valence-electron chi connectivity index (χ2n) is 5.23. The highest BCUT2D eigenvalue weighted by atomic mass is 16.4. The number of hydrogen-bond acceptors (Lipinski definition) is 4. The second kappa shape index (κ2) is 7.30. The molecule has 1 saturated heterocycles. The molecular weight excluding hydrogens is 250 g/mol. The van der Waals surface area contributed by atoms with E-state index in [1.165, 1.54) is 0 Å². The number of urea groups is 1. The maximum Gasteiger partial charge on any atom is 0.334 e. The first kappa shape index (κ1) is 15.7. The quantitative estimate of drug-likeness (QED) is 0.623. The van der Waals surface area contributed by atoms with E-state index in [0.29, 0.717) is 19.0 Å². The molecule has 1 fully saturated rings. The van der Waals surface area contributed by atoms with Gasteiger partial charge in [0.05, 0.1) is 6.54 Å². The summed E-state index contributed by atoms with van der Waals surface area (Å²) in [6, 6.07) is -0.302. The van der Waals surface area contributed by atoms with E-state index in [4.69, 9.17) is 10.2 Å². The number of aliphatic carboxylic acids is 1. The third-order valence-corrected chi connectivity index (χ3v) is 3.26. The molecule has 0 aromatic carbocycles. The van der Waals surface area contributed by atoms with Crippen LogP contribution >= 0.6 is 0 Å². The van der Waals surface area contributed by atoms with Gasteiger partial charge in [-0.3, -0.25) is 0 Å². The monoisotopic (exact) mass is 273 g/mol. The number of likely N-dealkylation sites (tertiary alicyclic amines) is 1. The number of carbonyl (C=O) groups excluding carboxylic acids is 1. The lowest BCUT2D eigenvalue weighted by molar-refractivity contribution is -0.146. The fourth-order valence-electron chi connectivity index (χ4n) is 2.22. The van der Waals surface area contributed by atoms with Crippen molar-refractivity contribution in [2.75, 3.05) is 40.3 Å². The first-order valence-electron chi connectivity index (χ1n) is 6.48. The summed E-state index contributed by atoms with van der Waals surface area (Å²) in [5, 5.41) is 20.0. The van der Waals surface area contributed by atoms with Gasteiger partial charge in [-0.25, -0.2) is 9.59 Å². The Kier molecular flexibility index (Phi) is 6.04. The van der Waals surface area contributed by atoms with Crippen molar-refractivity contribution in [1.29, 1.82) is 0 Å². The SMILES string of the molecule is CN(C)CC1CCN(C(=O)NC[C@H](O)C(=O)O)CC1. The molecule has 1 heterocycles. The van der Waals surface area contributed by atoms with E-state index in [1.54, 1.807) is 4.90 Å². The molecule has 0 saturated carbocycles. The summed E-state index contributed by atoms with van der Waals surface area (Å²) in [5.41, 5.74) is 0. The van der Waals surface area contributed by atoms with Crippen LogP contribution in [0, 0.1) is 5.92 Å². The van der Waals surface area contributed by atoms with Crippen molar-refractivity contribution >= 4 is 12.0 Å². The van der Waals surface area contributed by atoms with Gasteiger partial charge in [0.25, 0.3) is 0 Å². The molecule has 1 aliphatic rings. The van der Waals surface area contributed by atoms with Crippen LogP contribution in [0.5, 0.6) is 0 Å².